The Morgan fingerprint density at radius 1 is 0.567 bits per heavy atom. The molecule has 144 valence electrons. The van der Waals surface area contributed by atoms with E-state index in [9.17, 15) is 0 Å². The van der Waals surface area contributed by atoms with Crippen molar-refractivity contribution in [2.24, 2.45) is 7.05 Å². The van der Waals surface area contributed by atoms with Crippen LogP contribution in [0.5, 0.6) is 0 Å². The van der Waals surface area contributed by atoms with E-state index in [0.717, 1.165) is 28.1 Å². The van der Waals surface area contributed by atoms with Gasteiger partial charge in [-0.3, -0.25) is 0 Å². The van der Waals surface area contributed by atoms with Crippen LogP contribution >= 0.6 is 0 Å². The van der Waals surface area contributed by atoms with Gasteiger partial charge in [0.15, 0.2) is 17.5 Å². The molecule has 2 aromatic heterocycles. The monoisotopic (exact) mass is 389 g/mol. The summed E-state index contributed by atoms with van der Waals surface area (Å²) in [6, 6.07) is 28.1. The second-order valence-corrected chi connectivity index (χ2v) is 6.98. The van der Waals surface area contributed by atoms with Gasteiger partial charge in [0.05, 0.1) is 0 Å². The lowest BCUT2D eigenvalue weighted by Gasteiger charge is -2.09. The molecule has 0 saturated heterocycles. The summed E-state index contributed by atoms with van der Waals surface area (Å²) in [4.78, 5) is 18.8. The fourth-order valence-electron chi connectivity index (χ4n) is 3.38. The van der Waals surface area contributed by atoms with Crippen molar-refractivity contribution in [1.82, 2.24) is 24.5 Å². The molecule has 0 radical (unpaired) electrons. The first-order valence-electron chi connectivity index (χ1n) is 9.73. The van der Waals surface area contributed by atoms with Crippen LogP contribution in [0.4, 0.5) is 0 Å². The number of nitrogens with zero attached hydrogens (tertiary/aromatic N) is 5. The summed E-state index contributed by atoms with van der Waals surface area (Å²) in [5, 5.41) is 0. The molecule has 5 heteroatoms. The van der Waals surface area contributed by atoms with E-state index >= 15 is 0 Å². The van der Waals surface area contributed by atoms with Gasteiger partial charge >= 0.3 is 0 Å². The van der Waals surface area contributed by atoms with E-state index < -0.39 is 0 Å². The SMILES string of the molecule is Cn1ccnc1-c1cccc(-c2nc(-c3ccccc3)nc(-c3ccccc3)n2)c1. The number of imidazole rings is 1. The Labute approximate surface area is 174 Å². The van der Waals surface area contributed by atoms with Crippen LogP contribution in [0.15, 0.2) is 97.3 Å². The Morgan fingerprint density at radius 3 is 1.60 bits per heavy atom. The molecule has 0 saturated carbocycles. The summed E-state index contributed by atoms with van der Waals surface area (Å²) in [6.45, 7) is 0. The molecular formula is C25H19N5. The van der Waals surface area contributed by atoms with Crippen molar-refractivity contribution in [3.8, 4) is 45.6 Å². The summed E-state index contributed by atoms with van der Waals surface area (Å²) in [5.74, 6) is 2.85. The highest BCUT2D eigenvalue weighted by Crippen LogP contribution is 2.27. The zero-order valence-corrected chi connectivity index (χ0v) is 16.5. The number of hydrogen-bond donors (Lipinski definition) is 0. The predicted octanol–water partition coefficient (Wildman–Crippen LogP) is 5.27. The van der Waals surface area contributed by atoms with E-state index in [0.29, 0.717) is 17.5 Å². The van der Waals surface area contributed by atoms with Crippen molar-refractivity contribution < 1.29 is 0 Å². The van der Waals surface area contributed by atoms with Crippen LogP contribution in [0.3, 0.4) is 0 Å². The highest BCUT2D eigenvalue weighted by atomic mass is 15.0. The van der Waals surface area contributed by atoms with Crippen LogP contribution in [-0.4, -0.2) is 24.5 Å². The molecule has 3 aromatic carbocycles. The van der Waals surface area contributed by atoms with E-state index in [1.807, 2.05) is 96.7 Å². The molecule has 5 rings (SSSR count). The standard InChI is InChI=1S/C25H19N5/c1-30-16-15-26-25(30)21-14-8-13-20(17-21)24-28-22(18-9-4-2-5-10-18)27-23(29-24)19-11-6-3-7-12-19/h2-17H,1H3. The lowest BCUT2D eigenvalue weighted by Crippen LogP contribution is -2.00. The van der Waals surface area contributed by atoms with Crippen LogP contribution in [-0.2, 0) is 7.05 Å². The fourth-order valence-corrected chi connectivity index (χ4v) is 3.38. The van der Waals surface area contributed by atoms with Gasteiger partial charge in [0.25, 0.3) is 0 Å². The summed E-state index contributed by atoms with van der Waals surface area (Å²) in [5.41, 5.74) is 3.85. The Bertz CT molecular complexity index is 1240. The lowest BCUT2D eigenvalue weighted by atomic mass is 10.1. The van der Waals surface area contributed by atoms with E-state index in [4.69, 9.17) is 15.0 Å². The topological polar surface area (TPSA) is 56.5 Å². The van der Waals surface area contributed by atoms with Crippen LogP contribution in [0, 0.1) is 0 Å². The summed E-state index contributed by atoms with van der Waals surface area (Å²) < 4.78 is 2.00. The molecule has 0 N–H and O–H groups in total. The predicted molar refractivity (Wildman–Crippen MR) is 118 cm³/mol. The molecule has 0 spiro atoms. The smallest absolute Gasteiger partial charge is 0.164 e. The van der Waals surface area contributed by atoms with Crippen molar-refractivity contribution in [1.29, 1.82) is 0 Å². The molecule has 5 nitrogen and oxygen atoms in total. The van der Waals surface area contributed by atoms with Gasteiger partial charge < -0.3 is 4.57 Å². The minimum Gasteiger partial charge on any atom is -0.334 e. The fraction of sp³-hybridized carbons (Fsp3) is 0.0400. The number of rotatable bonds is 4. The Morgan fingerprint density at radius 2 is 1.07 bits per heavy atom. The van der Waals surface area contributed by atoms with Crippen LogP contribution in [0.2, 0.25) is 0 Å². The molecule has 0 aliphatic rings. The minimum atomic E-state index is 0.638. The summed E-state index contributed by atoms with van der Waals surface area (Å²) in [7, 11) is 1.99. The van der Waals surface area contributed by atoms with Crippen molar-refractivity contribution in [3.05, 3.63) is 97.3 Å². The number of benzene rings is 3. The second-order valence-electron chi connectivity index (χ2n) is 6.98. The highest BCUT2D eigenvalue weighted by Gasteiger charge is 2.13. The molecule has 2 heterocycles. The van der Waals surface area contributed by atoms with Crippen molar-refractivity contribution in [2.45, 2.75) is 0 Å². The first-order chi connectivity index (χ1) is 14.8. The average Bonchev–Trinajstić information content (AvgIpc) is 3.26. The van der Waals surface area contributed by atoms with Crippen LogP contribution in [0.25, 0.3) is 45.6 Å². The maximum absolute atomic E-state index is 4.79. The van der Waals surface area contributed by atoms with Gasteiger partial charge in [-0.15, -0.1) is 0 Å². The molecule has 0 aliphatic carbocycles. The first-order valence-corrected chi connectivity index (χ1v) is 9.73. The van der Waals surface area contributed by atoms with E-state index in [-0.39, 0.29) is 0 Å². The molecule has 0 atom stereocenters. The zero-order chi connectivity index (χ0) is 20.3. The third kappa shape index (κ3) is 3.49. The maximum Gasteiger partial charge on any atom is 0.164 e. The molecule has 0 fully saturated rings. The van der Waals surface area contributed by atoms with Gasteiger partial charge in [0.2, 0.25) is 0 Å². The zero-order valence-electron chi connectivity index (χ0n) is 16.5. The number of hydrogen-bond acceptors (Lipinski definition) is 4. The summed E-state index contributed by atoms with van der Waals surface area (Å²) >= 11 is 0. The van der Waals surface area contributed by atoms with Crippen LogP contribution < -0.4 is 0 Å². The molecule has 30 heavy (non-hydrogen) atoms. The van der Waals surface area contributed by atoms with Gasteiger partial charge in [-0.05, 0) is 6.07 Å². The minimum absolute atomic E-state index is 0.638. The molecule has 0 aliphatic heterocycles. The maximum atomic E-state index is 4.79. The Kier molecular flexibility index (Phi) is 4.62. The molecule has 0 unspecified atom stereocenters. The Hall–Kier alpha value is -4.12. The normalized spacial score (nSPS) is 10.8. The third-order valence-electron chi connectivity index (χ3n) is 4.90. The van der Waals surface area contributed by atoms with Crippen LogP contribution in [0.1, 0.15) is 0 Å². The third-order valence-corrected chi connectivity index (χ3v) is 4.90. The van der Waals surface area contributed by atoms with Gasteiger partial charge in [-0.1, -0.05) is 78.9 Å². The van der Waals surface area contributed by atoms with E-state index in [1.54, 1.807) is 6.20 Å². The molecule has 5 aromatic rings. The van der Waals surface area contributed by atoms with Crippen molar-refractivity contribution in [3.63, 3.8) is 0 Å². The van der Waals surface area contributed by atoms with Crippen molar-refractivity contribution in [2.75, 3.05) is 0 Å². The average molecular weight is 389 g/mol. The largest absolute Gasteiger partial charge is 0.334 e. The first kappa shape index (κ1) is 17.9. The highest BCUT2D eigenvalue weighted by molar-refractivity contribution is 5.70. The van der Waals surface area contributed by atoms with Gasteiger partial charge in [-0.2, -0.15) is 0 Å². The van der Waals surface area contributed by atoms with Gasteiger partial charge in [0, 0.05) is 41.7 Å². The van der Waals surface area contributed by atoms with Gasteiger partial charge in [0.1, 0.15) is 5.82 Å². The Balaban J connectivity index is 1.68. The van der Waals surface area contributed by atoms with E-state index in [1.165, 1.54) is 0 Å². The lowest BCUT2D eigenvalue weighted by molar-refractivity contribution is 0.925. The van der Waals surface area contributed by atoms with E-state index in [2.05, 4.69) is 11.1 Å². The molecular weight excluding hydrogens is 370 g/mol. The number of aromatic nitrogens is 5. The molecule has 0 bridgehead atoms. The molecule has 0 amide bonds. The van der Waals surface area contributed by atoms with Crippen molar-refractivity contribution >= 4 is 0 Å². The second kappa shape index (κ2) is 7.72. The quantitative estimate of drug-likeness (QED) is 0.420. The number of aryl methyl sites for hydroxylation is 1. The van der Waals surface area contributed by atoms with Gasteiger partial charge in [-0.25, -0.2) is 19.9 Å². The summed E-state index contributed by atoms with van der Waals surface area (Å²) in [6.07, 6.45) is 3.73.